The van der Waals surface area contributed by atoms with Gasteiger partial charge in [-0.1, -0.05) is 74.3 Å². The second kappa shape index (κ2) is 39.5. The minimum absolute atomic E-state index is 0.0417. The predicted octanol–water partition coefficient (Wildman–Crippen LogP) is 7.10. The lowest BCUT2D eigenvalue weighted by molar-refractivity contribution is -0.174. The Morgan fingerprint density at radius 3 is 1.86 bits per heavy atom. The molecule has 5 aliphatic rings. The summed E-state index contributed by atoms with van der Waals surface area (Å²) in [5, 5.41) is 50.0. The molecule has 2 bridgehead atoms. The Kier molecular flexibility index (Phi) is 33.6. The molecule has 1 spiro atoms. The zero-order chi connectivity index (χ0) is 60.5. The molecule has 3 fully saturated rings. The molecular formula is C61H89Br2F3N2O16. The van der Waals surface area contributed by atoms with Crippen molar-refractivity contribution in [3.63, 3.8) is 0 Å². The number of phenols is 1. The molecule has 1 saturated heterocycles. The lowest BCUT2D eigenvalue weighted by atomic mass is 9.48. The van der Waals surface area contributed by atoms with Crippen LogP contribution in [0.3, 0.4) is 0 Å². The minimum Gasteiger partial charge on any atom is -0.504 e. The van der Waals surface area contributed by atoms with E-state index in [1.807, 2.05) is 43.4 Å². The van der Waals surface area contributed by atoms with Gasteiger partial charge in [0, 0.05) is 48.3 Å². The number of phenolic OH excluding ortho intramolecular Hbond substituents is 1. The number of carbonyl (C=O) groups excluding carboxylic acids is 1. The second-order valence-electron chi connectivity index (χ2n) is 20.7. The molecule has 0 amide bonds. The fourth-order valence-corrected chi connectivity index (χ4v) is 11.3. The highest BCUT2D eigenvalue weighted by Crippen LogP contribution is 2.66. The number of aliphatic hydroxyl groups is 4. The molecule has 84 heavy (non-hydrogen) atoms. The number of rotatable bonds is 37. The number of likely N-dealkylation sites (N-methyl/N-ethyl adjacent to an activating group) is 1. The van der Waals surface area contributed by atoms with E-state index >= 15 is 0 Å². The van der Waals surface area contributed by atoms with E-state index in [1.165, 1.54) is 30.5 Å². The summed E-state index contributed by atoms with van der Waals surface area (Å²) >= 11 is 6.44. The maximum atomic E-state index is 13.0. The summed E-state index contributed by atoms with van der Waals surface area (Å²) in [7, 11) is 2.01. The van der Waals surface area contributed by atoms with Crippen molar-refractivity contribution in [1.82, 2.24) is 9.80 Å². The molecule has 3 aromatic carbocycles. The molecule has 5 atom stereocenters. The maximum absolute atomic E-state index is 13.0. The molecule has 18 nitrogen and oxygen atoms in total. The van der Waals surface area contributed by atoms with Gasteiger partial charge >= 0.3 is 6.18 Å². The van der Waals surface area contributed by atoms with E-state index in [1.54, 1.807) is 6.07 Å². The third kappa shape index (κ3) is 22.7. The van der Waals surface area contributed by atoms with E-state index in [0.29, 0.717) is 137 Å². The average Bonchev–Trinajstić information content (AvgIpc) is 1.38. The first-order valence-electron chi connectivity index (χ1n) is 29.1. The summed E-state index contributed by atoms with van der Waals surface area (Å²) in [4.78, 5) is 14.4. The van der Waals surface area contributed by atoms with Crippen molar-refractivity contribution in [1.29, 1.82) is 0 Å². The summed E-state index contributed by atoms with van der Waals surface area (Å²) in [5.41, 5.74) is 2.16. The van der Waals surface area contributed by atoms with Gasteiger partial charge in [-0.3, -0.25) is 4.90 Å². The number of aromatic hydroxyl groups is 1. The van der Waals surface area contributed by atoms with E-state index in [0.717, 1.165) is 84.0 Å². The van der Waals surface area contributed by atoms with Gasteiger partial charge in [0.05, 0.1) is 136 Å². The Hall–Kier alpha value is -3.34. The van der Waals surface area contributed by atoms with Gasteiger partial charge in [0.1, 0.15) is 30.9 Å². The summed E-state index contributed by atoms with van der Waals surface area (Å²) in [6, 6.07) is 18.4. The van der Waals surface area contributed by atoms with Gasteiger partial charge in [-0.25, -0.2) is 0 Å². The Morgan fingerprint density at radius 2 is 1.30 bits per heavy atom. The maximum Gasteiger partial charge on any atom is 0.416 e. The van der Waals surface area contributed by atoms with Crippen molar-refractivity contribution in [3.8, 4) is 17.2 Å². The van der Waals surface area contributed by atoms with Gasteiger partial charge < -0.3 is 82.6 Å². The van der Waals surface area contributed by atoms with Crippen LogP contribution in [-0.2, 0) is 60.7 Å². The molecule has 23 heteroatoms. The van der Waals surface area contributed by atoms with Crippen molar-refractivity contribution in [2.24, 2.45) is 5.92 Å². The number of halogens is 5. The molecule has 2 aliphatic heterocycles. The van der Waals surface area contributed by atoms with Crippen LogP contribution in [0.5, 0.6) is 17.2 Å². The summed E-state index contributed by atoms with van der Waals surface area (Å²) in [6.45, 7) is 11.2. The molecule has 0 radical (unpaired) electrons. The predicted molar refractivity (Wildman–Crippen MR) is 318 cm³/mol. The van der Waals surface area contributed by atoms with Gasteiger partial charge in [0.25, 0.3) is 0 Å². The van der Waals surface area contributed by atoms with E-state index in [2.05, 4.69) is 47.7 Å². The number of ether oxygens (including phenoxy) is 10. The van der Waals surface area contributed by atoms with E-state index in [9.17, 15) is 28.2 Å². The van der Waals surface area contributed by atoms with Crippen LogP contribution >= 0.6 is 31.9 Å². The van der Waals surface area contributed by atoms with E-state index in [4.69, 9.17) is 62.7 Å². The number of likely N-dealkylation sites (tertiary alicyclic amines) is 1. The van der Waals surface area contributed by atoms with Crippen LogP contribution < -0.4 is 9.47 Å². The lowest BCUT2D eigenvalue weighted by Crippen LogP contribution is -2.75. The average molecular weight is 1320 g/mol. The van der Waals surface area contributed by atoms with E-state index < -0.39 is 22.8 Å². The van der Waals surface area contributed by atoms with Crippen LogP contribution in [0.2, 0.25) is 0 Å². The molecule has 3 aromatic rings. The van der Waals surface area contributed by atoms with Crippen LogP contribution in [0.25, 0.3) is 0 Å². The summed E-state index contributed by atoms with van der Waals surface area (Å²) < 4.78 is 93.4. The van der Waals surface area contributed by atoms with Crippen LogP contribution in [-0.4, -0.2) is 229 Å². The molecule has 5 N–H and O–H groups in total. The first-order chi connectivity index (χ1) is 40.8. The van der Waals surface area contributed by atoms with Gasteiger partial charge in [0.15, 0.2) is 11.5 Å². The van der Waals surface area contributed by atoms with Crippen molar-refractivity contribution in [2.75, 3.05) is 169 Å². The van der Waals surface area contributed by atoms with Crippen LogP contribution in [0.1, 0.15) is 66.9 Å². The minimum atomic E-state index is -4.39. The number of carbonyl (C=O) groups is 1. The van der Waals surface area contributed by atoms with Crippen molar-refractivity contribution < 1.29 is 90.9 Å². The monoisotopic (exact) mass is 1320 g/mol. The molecular weight excluding hydrogens is 1230 g/mol. The SMILES string of the molecule is CN(CCOCCOC/C=C1/CC[C@@]2(O)[C@H]3Cc4ccc(O)c5c4[C@@]2(CCN3CC2CC2)[C@H]1O5)CCC(Oc1ccc(C(F)(F)F)cc1)c1ccccc1.O=CCOCCOCCBr.OCCOCCOCCBr.OCCOCCOCCO. The van der Waals surface area contributed by atoms with Crippen molar-refractivity contribution in [2.45, 2.75) is 80.4 Å². The number of hydrogen-bond acceptors (Lipinski definition) is 18. The topological polar surface area (TPSA) is 217 Å². The quantitative estimate of drug-likeness (QED) is 0.0168. The number of nitrogens with zero attached hydrogens (tertiary/aromatic N) is 2. The molecule has 8 rings (SSSR count). The number of aldehydes is 1. The Labute approximate surface area is 510 Å². The largest absolute Gasteiger partial charge is 0.504 e. The fraction of sp³-hybridized carbons (Fsp3) is 0.656. The highest BCUT2D eigenvalue weighted by Gasteiger charge is 2.72. The lowest BCUT2D eigenvalue weighted by Gasteiger charge is -2.63. The Morgan fingerprint density at radius 1 is 0.726 bits per heavy atom. The second-order valence-corrected chi connectivity index (χ2v) is 22.3. The van der Waals surface area contributed by atoms with Crippen LogP contribution in [0.15, 0.2) is 78.4 Å². The van der Waals surface area contributed by atoms with Crippen LogP contribution in [0.4, 0.5) is 13.2 Å². The van der Waals surface area contributed by atoms with Crippen LogP contribution in [0, 0.1) is 5.92 Å². The third-order valence-electron chi connectivity index (χ3n) is 15.0. The zero-order valence-corrected chi connectivity index (χ0v) is 51.6. The number of alkyl halides is 5. The van der Waals surface area contributed by atoms with Crippen molar-refractivity contribution in [3.05, 3.63) is 101 Å². The number of aliphatic hydroxyl groups excluding tert-OH is 3. The third-order valence-corrected chi connectivity index (χ3v) is 15.6. The first-order valence-corrected chi connectivity index (χ1v) is 31.3. The molecule has 474 valence electrons. The number of hydrogen-bond donors (Lipinski definition) is 5. The van der Waals surface area contributed by atoms with Crippen molar-refractivity contribution >= 4 is 38.1 Å². The normalized spacial score (nSPS) is 21.1. The Bertz CT molecular complexity index is 2260. The molecule has 2 saturated carbocycles. The Balaban J connectivity index is 0.000000352. The number of piperidine rings is 1. The summed E-state index contributed by atoms with van der Waals surface area (Å²) in [6.07, 6.45) is 4.03. The zero-order valence-electron chi connectivity index (χ0n) is 48.5. The fourth-order valence-electron chi connectivity index (χ4n) is 10.8. The smallest absolute Gasteiger partial charge is 0.416 e. The molecule has 1 unspecified atom stereocenters. The van der Waals surface area contributed by atoms with Gasteiger partial charge in [-0.2, -0.15) is 13.2 Å². The highest BCUT2D eigenvalue weighted by atomic mass is 79.9. The summed E-state index contributed by atoms with van der Waals surface area (Å²) in [5.74, 6) is 1.85. The van der Waals surface area contributed by atoms with Gasteiger partial charge in [-0.05, 0) is 105 Å². The number of benzene rings is 3. The van der Waals surface area contributed by atoms with E-state index in [-0.39, 0.29) is 50.4 Å². The molecule has 3 aliphatic carbocycles. The van der Waals surface area contributed by atoms with Gasteiger partial charge in [-0.15, -0.1) is 0 Å². The molecule has 2 heterocycles. The highest BCUT2D eigenvalue weighted by molar-refractivity contribution is 9.09. The molecule has 0 aromatic heterocycles. The van der Waals surface area contributed by atoms with Gasteiger partial charge in [0.2, 0.25) is 0 Å². The first kappa shape index (κ1) is 71.4. The standard InChI is InChI=1S/C43H51F3N2O6.C6H13BrO3.C6H11BrO3.C6H14O4/c1-47(20-16-36(30-5-3-2-4-6-30)53-34-12-10-33(11-13-34)43(44,45)46)22-24-52-26-25-51-23-17-31-15-18-42(50)37-27-32-9-14-35(49)39-38(32)41(42,40(31)54-39)19-21-48(37)28-29-7-8-29;3*7-1-3-9-5-6-10-4-2-8/h2-6,9-14,17,29,36-37,40,49-50H,7-8,15-16,18-28H2,1H3;8H,1-6H2;2H,1,3-6H2;7-8H,1-6H2/b31-17-;;;/t36?,37-,40+,41+,42-;;;/m1.../s1.